The van der Waals surface area contributed by atoms with E-state index in [9.17, 15) is 4.79 Å². The first kappa shape index (κ1) is 10.7. The van der Waals surface area contributed by atoms with Crippen molar-refractivity contribution >= 4 is 21.9 Å². The smallest absolute Gasteiger partial charge is 0.309 e. The van der Waals surface area contributed by atoms with Crippen LogP contribution in [-0.2, 0) is 9.53 Å². The first-order chi connectivity index (χ1) is 7.22. The highest BCUT2D eigenvalue weighted by Gasteiger charge is 2.45. The number of rotatable bonds is 3. The lowest BCUT2D eigenvalue weighted by Crippen LogP contribution is -2.07. The fourth-order valence-electron chi connectivity index (χ4n) is 1.81. The molecule has 2 nitrogen and oxygen atoms in total. The highest BCUT2D eigenvalue weighted by molar-refractivity contribution is 9.10. The summed E-state index contributed by atoms with van der Waals surface area (Å²) < 4.78 is 6.06. The molecule has 1 fully saturated rings. The van der Waals surface area contributed by atoms with Crippen molar-refractivity contribution in [3.63, 3.8) is 0 Å². The quantitative estimate of drug-likeness (QED) is 0.788. The van der Waals surface area contributed by atoms with Gasteiger partial charge in [-0.2, -0.15) is 0 Å². The van der Waals surface area contributed by atoms with Crippen molar-refractivity contribution in [2.24, 2.45) is 5.92 Å². The summed E-state index contributed by atoms with van der Waals surface area (Å²) in [5.74, 6) is 0.392. The average molecular weight is 269 g/mol. The summed E-state index contributed by atoms with van der Waals surface area (Å²) in [6.07, 6.45) is 0.926. The molecule has 80 valence electrons. The van der Waals surface area contributed by atoms with E-state index in [4.69, 9.17) is 4.74 Å². The van der Waals surface area contributed by atoms with E-state index in [0.717, 1.165) is 10.9 Å². The van der Waals surface area contributed by atoms with Crippen molar-refractivity contribution < 1.29 is 9.53 Å². The second-order valence-electron chi connectivity index (χ2n) is 3.76. The summed E-state index contributed by atoms with van der Waals surface area (Å²) in [6.45, 7) is 2.31. The van der Waals surface area contributed by atoms with Gasteiger partial charge in [0.05, 0.1) is 12.5 Å². The Morgan fingerprint density at radius 1 is 1.60 bits per heavy atom. The normalized spacial score (nSPS) is 23.6. The fourth-order valence-corrected chi connectivity index (χ4v) is 2.23. The Hall–Kier alpha value is -0.830. The molecule has 0 amide bonds. The molecule has 0 heterocycles. The minimum Gasteiger partial charge on any atom is -0.466 e. The van der Waals surface area contributed by atoms with Crippen LogP contribution < -0.4 is 0 Å². The summed E-state index contributed by atoms with van der Waals surface area (Å²) in [4.78, 5) is 11.4. The summed E-state index contributed by atoms with van der Waals surface area (Å²) >= 11 is 3.43. The predicted molar refractivity (Wildman–Crippen MR) is 61.6 cm³/mol. The lowest BCUT2D eigenvalue weighted by atomic mass is 10.1. The van der Waals surface area contributed by atoms with Gasteiger partial charge in [0.25, 0.3) is 0 Å². The van der Waals surface area contributed by atoms with E-state index in [0.29, 0.717) is 12.5 Å². The fraction of sp³-hybridized carbons (Fsp3) is 0.417. The minimum atomic E-state index is -0.0533. The van der Waals surface area contributed by atoms with Crippen molar-refractivity contribution in [2.75, 3.05) is 6.61 Å². The van der Waals surface area contributed by atoms with Gasteiger partial charge in [-0.25, -0.2) is 0 Å². The SMILES string of the molecule is CCOC(=O)[C@H]1CC1c1cccc(Br)c1. The molecular formula is C12H13BrO2. The third-order valence-corrected chi connectivity index (χ3v) is 3.15. The molecule has 3 heteroatoms. The van der Waals surface area contributed by atoms with E-state index in [1.54, 1.807) is 0 Å². The van der Waals surface area contributed by atoms with Gasteiger partial charge in [0.15, 0.2) is 0 Å². The van der Waals surface area contributed by atoms with Crippen LogP contribution in [0.1, 0.15) is 24.8 Å². The maximum atomic E-state index is 11.4. The van der Waals surface area contributed by atoms with E-state index >= 15 is 0 Å². The summed E-state index contributed by atoms with van der Waals surface area (Å²) in [6, 6.07) is 8.13. The molecule has 0 bridgehead atoms. The Kier molecular flexibility index (Phi) is 3.10. The minimum absolute atomic E-state index is 0.0533. The Balaban J connectivity index is 2.01. The van der Waals surface area contributed by atoms with Crippen molar-refractivity contribution in [1.29, 1.82) is 0 Å². The third-order valence-electron chi connectivity index (χ3n) is 2.66. The van der Waals surface area contributed by atoms with Crippen LogP contribution in [0.5, 0.6) is 0 Å². The highest BCUT2D eigenvalue weighted by atomic mass is 79.9. The largest absolute Gasteiger partial charge is 0.466 e. The van der Waals surface area contributed by atoms with Crippen LogP contribution in [0.25, 0.3) is 0 Å². The summed E-state index contributed by atoms with van der Waals surface area (Å²) in [5, 5.41) is 0. The maximum Gasteiger partial charge on any atom is 0.309 e. The molecule has 1 saturated carbocycles. The second-order valence-corrected chi connectivity index (χ2v) is 4.67. The van der Waals surface area contributed by atoms with Crippen LogP contribution in [0, 0.1) is 5.92 Å². The van der Waals surface area contributed by atoms with E-state index in [2.05, 4.69) is 28.1 Å². The van der Waals surface area contributed by atoms with Crippen molar-refractivity contribution in [2.45, 2.75) is 19.3 Å². The summed E-state index contributed by atoms with van der Waals surface area (Å²) in [5.41, 5.74) is 1.22. The monoisotopic (exact) mass is 268 g/mol. The number of hydrogen-bond donors (Lipinski definition) is 0. The molecule has 1 aliphatic carbocycles. The molecule has 1 unspecified atom stereocenters. The Labute approximate surface area is 97.8 Å². The van der Waals surface area contributed by atoms with Gasteiger partial charge in [0.1, 0.15) is 0 Å². The Morgan fingerprint density at radius 3 is 3.07 bits per heavy atom. The zero-order valence-electron chi connectivity index (χ0n) is 8.57. The van der Waals surface area contributed by atoms with Crippen LogP contribution in [0.15, 0.2) is 28.7 Å². The van der Waals surface area contributed by atoms with E-state index in [1.165, 1.54) is 5.56 Å². The highest BCUT2D eigenvalue weighted by Crippen LogP contribution is 2.48. The first-order valence-corrected chi connectivity index (χ1v) is 5.93. The van der Waals surface area contributed by atoms with Crippen LogP contribution in [0.2, 0.25) is 0 Å². The van der Waals surface area contributed by atoms with Gasteiger partial charge in [-0.3, -0.25) is 4.79 Å². The first-order valence-electron chi connectivity index (χ1n) is 5.14. The van der Waals surface area contributed by atoms with Crippen LogP contribution in [0.4, 0.5) is 0 Å². The topological polar surface area (TPSA) is 26.3 Å². The van der Waals surface area contributed by atoms with E-state index < -0.39 is 0 Å². The predicted octanol–water partition coefficient (Wildman–Crippen LogP) is 3.12. The number of carbonyl (C=O) groups is 1. The molecule has 15 heavy (non-hydrogen) atoms. The third kappa shape index (κ3) is 2.40. The molecule has 0 saturated heterocycles. The van der Waals surface area contributed by atoms with Gasteiger partial charge in [-0.05, 0) is 37.0 Å². The number of halogens is 1. The van der Waals surface area contributed by atoms with Crippen molar-refractivity contribution in [3.8, 4) is 0 Å². The maximum absolute atomic E-state index is 11.4. The lowest BCUT2D eigenvalue weighted by Gasteiger charge is -2.01. The average Bonchev–Trinajstić information content (AvgIpc) is 2.97. The molecule has 2 atom stereocenters. The number of esters is 1. The van der Waals surface area contributed by atoms with Gasteiger partial charge in [-0.1, -0.05) is 28.1 Å². The zero-order chi connectivity index (χ0) is 10.8. The molecule has 1 aromatic rings. The van der Waals surface area contributed by atoms with Crippen molar-refractivity contribution in [3.05, 3.63) is 34.3 Å². The number of benzene rings is 1. The van der Waals surface area contributed by atoms with Gasteiger partial charge in [-0.15, -0.1) is 0 Å². The van der Waals surface area contributed by atoms with E-state index in [1.807, 2.05) is 19.1 Å². The molecule has 0 aromatic heterocycles. The van der Waals surface area contributed by atoms with Gasteiger partial charge < -0.3 is 4.74 Å². The standard InChI is InChI=1S/C12H13BrO2/c1-2-15-12(14)11-7-10(11)8-4-3-5-9(13)6-8/h3-6,10-11H,2,7H2,1H3/t10?,11-/m0/s1. The molecule has 0 radical (unpaired) electrons. The molecule has 0 spiro atoms. The number of hydrogen-bond acceptors (Lipinski definition) is 2. The van der Waals surface area contributed by atoms with Crippen LogP contribution in [0.3, 0.4) is 0 Å². The molecule has 0 N–H and O–H groups in total. The molecule has 0 aliphatic heterocycles. The van der Waals surface area contributed by atoms with E-state index in [-0.39, 0.29) is 11.9 Å². The van der Waals surface area contributed by atoms with Gasteiger partial charge in [0.2, 0.25) is 0 Å². The lowest BCUT2D eigenvalue weighted by molar-refractivity contribution is -0.144. The van der Waals surface area contributed by atoms with Crippen molar-refractivity contribution in [1.82, 2.24) is 0 Å². The Bertz CT molecular complexity index is 376. The number of ether oxygens (including phenoxy) is 1. The molecule has 2 rings (SSSR count). The summed E-state index contributed by atoms with van der Waals surface area (Å²) in [7, 11) is 0. The second kappa shape index (κ2) is 4.35. The molecule has 1 aromatic carbocycles. The molecular weight excluding hydrogens is 256 g/mol. The van der Waals surface area contributed by atoms with Crippen LogP contribution >= 0.6 is 15.9 Å². The van der Waals surface area contributed by atoms with Crippen LogP contribution in [-0.4, -0.2) is 12.6 Å². The molecule has 1 aliphatic rings. The van der Waals surface area contributed by atoms with Gasteiger partial charge >= 0.3 is 5.97 Å². The van der Waals surface area contributed by atoms with Gasteiger partial charge in [0, 0.05) is 4.47 Å². The number of carbonyl (C=O) groups excluding carboxylic acids is 1. The zero-order valence-corrected chi connectivity index (χ0v) is 10.2. The Morgan fingerprint density at radius 2 is 2.40 bits per heavy atom.